The molecule has 0 radical (unpaired) electrons. The highest BCUT2D eigenvalue weighted by atomic mass is 15.5. The number of nitrogens with zero attached hydrogens (tertiary/aromatic N) is 2. The lowest BCUT2D eigenvalue weighted by Gasteiger charge is -2.29. The summed E-state index contributed by atoms with van der Waals surface area (Å²) in [5.74, 6) is 0. The van der Waals surface area contributed by atoms with Crippen molar-refractivity contribution in [3.63, 3.8) is 0 Å². The van der Waals surface area contributed by atoms with Crippen LogP contribution in [0.4, 0.5) is 5.69 Å². The normalized spacial score (nSPS) is 17.1. The molecule has 0 unspecified atom stereocenters. The summed E-state index contributed by atoms with van der Waals surface area (Å²) in [5.41, 5.74) is 5.80. The SMILES string of the molecule is CCc1cc(N2CCCCN2)ccn1. The molecule has 2 rings (SSSR count). The van der Waals surface area contributed by atoms with Crippen LogP contribution in [0.25, 0.3) is 0 Å². The van der Waals surface area contributed by atoms with Gasteiger partial charge in [0.15, 0.2) is 0 Å². The number of nitrogens with one attached hydrogen (secondary N) is 1. The topological polar surface area (TPSA) is 28.2 Å². The minimum absolute atomic E-state index is 1.00. The smallest absolute Gasteiger partial charge is 0.0553 e. The zero-order chi connectivity index (χ0) is 9.80. The van der Waals surface area contributed by atoms with E-state index in [0.29, 0.717) is 0 Å². The Kier molecular flexibility index (Phi) is 2.99. The van der Waals surface area contributed by atoms with E-state index in [4.69, 9.17) is 0 Å². The largest absolute Gasteiger partial charge is 0.308 e. The fraction of sp³-hybridized carbons (Fsp3) is 0.545. The van der Waals surface area contributed by atoms with E-state index in [9.17, 15) is 0 Å². The predicted octanol–water partition coefficient (Wildman–Crippen LogP) is 1.75. The number of anilines is 1. The van der Waals surface area contributed by atoms with E-state index in [1.807, 2.05) is 6.20 Å². The van der Waals surface area contributed by atoms with Crippen LogP contribution in [0.15, 0.2) is 18.3 Å². The van der Waals surface area contributed by atoms with E-state index in [1.54, 1.807) is 0 Å². The molecule has 1 aliphatic heterocycles. The Morgan fingerprint density at radius 1 is 1.50 bits per heavy atom. The van der Waals surface area contributed by atoms with E-state index in [0.717, 1.165) is 25.2 Å². The number of hydrazine groups is 1. The minimum Gasteiger partial charge on any atom is -0.308 e. The molecule has 0 aliphatic carbocycles. The van der Waals surface area contributed by atoms with Crippen LogP contribution in [0.3, 0.4) is 0 Å². The van der Waals surface area contributed by atoms with E-state index in [1.165, 1.54) is 18.5 Å². The number of aryl methyl sites for hydroxylation is 1. The molecule has 0 amide bonds. The van der Waals surface area contributed by atoms with Crippen LogP contribution in [0.1, 0.15) is 25.5 Å². The molecular weight excluding hydrogens is 174 g/mol. The molecule has 1 saturated heterocycles. The number of hydrogen-bond acceptors (Lipinski definition) is 3. The monoisotopic (exact) mass is 191 g/mol. The van der Waals surface area contributed by atoms with Gasteiger partial charge in [0.2, 0.25) is 0 Å². The predicted molar refractivity (Wildman–Crippen MR) is 58.2 cm³/mol. The summed E-state index contributed by atoms with van der Waals surface area (Å²) in [4.78, 5) is 4.30. The van der Waals surface area contributed by atoms with Gasteiger partial charge in [0.25, 0.3) is 0 Å². The Balaban J connectivity index is 2.13. The highest BCUT2D eigenvalue weighted by molar-refractivity contribution is 5.45. The van der Waals surface area contributed by atoms with Gasteiger partial charge in [0, 0.05) is 25.0 Å². The van der Waals surface area contributed by atoms with Crippen LogP contribution in [-0.2, 0) is 6.42 Å². The molecule has 14 heavy (non-hydrogen) atoms. The third-order valence-corrected chi connectivity index (χ3v) is 2.59. The standard InChI is InChI=1S/C11H17N3/c1-2-10-9-11(5-7-12-10)14-8-4-3-6-13-14/h5,7,9,13H,2-4,6,8H2,1H3. The molecule has 1 N–H and O–H groups in total. The summed E-state index contributed by atoms with van der Waals surface area (Å²) in [6.45, 7) is 4.33. The van der Waals surface area contributed by atoms with Gasteiger partial charge in [-0.25, -0.2) is 5.43 Å². The summed E-state index contributed by atoms with van der Waals surface area (Å²) in [6.07, 6.45) is 5.45. The van der Waals surface area contributed by atoms with Gasteiger partial charge in [-0.1, -0.05) is 6.92 Å². The minimum atomic E-state index is 1.00. The highest BCUT2D eigenvalue weighted by Crippen LogP contribution is 2.15. The summed E-state index contributed by atoms with van der Waals surface area (Å²) in [7, 11) is 0. The molecule has 0 aromatic carbocycles. The lowest BCUT2D eigenvalue weighted by molar-refractivity contribution is 0.511. The molecule has 1 aliphatic rings. The number of rotatable bonds is 2. The first-order valence-electron chi connectivity index (χ1n) is 5.36. The van der Waals surface area contributed by atoms with E-state index in [2.05, 4.69) is 34.5 Å². The van der Waals surface area contributed by atoms with Crippen molar-refractivity contribution in [1.82, 2.24) is 10.4 Å². The maximum absolute atomic E-state index is 4.30. The fourth-order valence-electron chi connectivity index (χ4n) is 1.74. The molecule has 0 bridgehead atoms. The van der Waals surface area contributed by atoms with Crippen molar-refractivity contribution in [3.05, 3.63) is 24.0 Å². The maximum atomic E-state index is 4.30. The van der Waals surface area contributed by atoms with Gasteiger partial charge < -0.3 is 5.01 Å². The van der Waals surface area contributed by atoms with Crippen molar-refractivity contribution in [2.24, 2.45) is 0 Å². The first-order chi connectivity index (χ1) is 6.90. The molecule has 3 heteroatoms. The Morgan fingerprint density at radius 2 is 2.43 bits per heavy atom. The van der Waals surface area contributed by atoms with Crippen molar-refractivity contribution >= 4 is 5.69 Å². The van der Waals surface area contributed by atoms with E-state index >= 15 is 0 Å². The second kappa shape index (κ2) is 4.42. The van der Waals surface area contributed by atoms with Crippen LogP contribution >= 0.6 is 0 Å². The molecule has 0 atom stereocenters. The summed E-state index contributed by atoms with van der Waals surface area (Å²) in [6, 6.07) is 4.23. The van der Waals surface area contributed by atoms with Gasteiger partial charge in [-0.3, -0.25) is 4.98 Å². The zero-order valence-corrected chi connectivity index (χ0v) is 8.66. The molecule has 2 heterocycles. The van der Waals surface area contributed by atoms with Crippen LogP contribution in [-0.4, -0.2) is 18.1 Å². The van der Waals surface area contributed by atoms with Gasteiger partial charge in [0.05, 0.1) is 5.69 Å². The van der Waals surface area contributed by atoms with Gasteiger partial charge >= 0.3 is 0 Å². The Bertz CT molecular complexity index is 292. The number of pyridine rings is 1. The molecular formula is C11H17N3. The third kappa shape index (κ3) is 2.04. The quantitative estimate of drug-likeness (QED) is 0.772. The highest BCUT2D eigenvalue weighted by Gasteiger charge is 2.10. The average Bonchev–Trinajstić information content (AvgIpc) is 2.30. The molecule has 0 saturated carbocycles. The molecule has 76 valence electrons. The Morgan fingerprint density at radius 3 is 3.14 bits per heavy atom. The Hall–Kier alpha value is -1.09. The van der Waals surface area contributed by atoms with Crippen LogP contribution in [0.5, 0.6) is 0 Å². The molecule has 1 fully saturated rings. The van der Waals surface area contributed by atoms with E-state index < -0.39 is 0 Å². The van der Waals surface area contributed by atoms with Gasteiger partial charge in [-0.05, 0) is 31.4 Å². The molecule has 0 spiro atoms. The van der Waals surface area contributed by atoms with Crippen molar-refractivity contribution in [2.75, 3.05) is 18.1 Å². The van der Waals surface area contributed by atoms with Gasteiger partial charge in [-0.2, -0.15) is 0 Å². The molecule has 1 aromatic heterocycles. The Labute approximate surface area is 85.1 Å². The molecule has 3 nitrogen and oxygen atoms in total. The third-order valence-electron chi connectivity index (χ3n) is 2.59. The van der Waals surface area contributed by atoms with Crippen molar-refractivity contribution in [1.29, 1.82) is 0 Å². The average molecular weight is 191 g/mol. The number of hydrogen-bond donors (Lipinski definition) is 1. The van der Waals surface area contributed by atoms with Crippen molar-refractivity contribution in [3.8, 4) is 0 Å². The first-order valence-corrected chi connectivity index (χ1v) is 5.36. The summed E-state index contributed by atoms with van der Waals surface area (Å²) < 4.78 is 0. The van der Waals surface area contributed by atoms with Crippen molar-refractivity contribution in [2.45, 2.75) is 26.2 Å². The van der Waals surface area contributed by atoms with Crippen LogP contribution in [0.2, 0.25) is 0 Å². The molecule has 1 aromatic rings. The van der Waals surface area contributed by atoms with Crippen LogP contribution < -0.4 is 10.4 Å². The lowest BCUT2D eigenvalue weighted by Crippen LogP contribution is -2.43. The summed E-state index contributed by atoms with van der Waals surface area (Å²) in [5, 5.41) is 2.23. The van der Waals surface area contributed by atoms with Gasteiger partial charge in [0.1, 0.15) is 0 Å². The first kappa shape index (κ1) is 9.46. The van der Waals surface area contributed by atoms with Crippen LogP contribution in [0, 0.1) is 0 Å². The second-order valence-electron chi connectivity index (χ2n) is 3.63. The van der Waals surface area contributed by atoms with E-state index in [-0.39, 0.29) is 0 Å². The number of aromatic nitrogens is 1. The zero-order valence-electron chi connectivity index (χ0n) is 8.66. The summed E-state index contributed by atoms with van der Waals surface area (Å²) >= 11 is 0. The van der Waals surface area contributed by atoms with Crippen molar-refractivity contribution < 1.29 is 0 Å². The fourth-order valence-corrected chi connectivity index (χ4v) is 1.74. The lowest BCUT2D eigenvalue weighted by atomic mass is 10.2. The van der Waals surface area contributed by atoms with Gasteiger partial charge in [-0.15, -0.1) is 0 Å². The second-order valence-corrected chi connectivity index (χ2v) is 3.63. The maximum Gasteiger partial charge on any atom is 0.0553 e.